The molecule has 1 aliphatic rings. The maximum Gasteiger partial charge on any atom is 0.129 e. The van der Waals surface area contributed by atoms with Crippen LogP contribution in [-0.2, 0) is 6.42 Å². The summed E-state index contributed by atoms with van der Waals surface area (Å²) in [6.45, 7) is 3.41. The van der Waals surface area contributed by atoms with Gasteiger partial charge in [-0.15, -0.1) is 0 Å². The van der Waals surface area contributed by atoms with Crippen molar-refractivity contribution in [2.45, 2.75) is 39.0 Å². The molecule has 2 nitrogen and oxygen atoms in total. The van der Waals surface area contributed by atoms with E-state index in [0.717, 1.165) is 24.7 Å². The van der Waals surface area contributed by atoms with Crippen LogP contribution < -0.4 is 5.32 Å². The summed E-state index contributed by atoms with van der Waals surface area (Å²) in [6.07, 6.45) is 8.38. The minimum absolute atomic E-state index is 0.785. The summed E-state index contributed by atoms with van der Waals surface area (Å²) in [5.74, 6) is 1.89. The molecule has 2 rings (SSSR count). The molecule has 0 saturated carbocycles. The first-order valence-electron chi connectivity index (χ1n) is 6.04. The van der Waals surface area contributed by atoms with Crippen molar-refractivity contribution >= 4 is 5.82 Å². The maximum absolute atomic E-state index is 4.42. The Hall–Kier alpha value is -1.05. The summed E-state index contributed by atoms with van der Waals surface area (Å²) in [5.41, 5.74) is 1.38. The quantitative estimate of drug-likeness (QED) is 0.701. The fraction of sp³-hybridized carbons (Fsp3) is 0.615. The third kappa shape index (κ3) is 2.95. The number of aromatic nitrogens is 1. The van der Waals surface area contributed by atoms with Gasteiger partial charge in [0, 0.05) is 12.7 Å². The minimum atomic E-state index is 0.785. The molecule has 0 aromatic carbocycles. The van der Waals surface area contributed by atoms with Gasteiger partial charge in [0.2, 0.25) is 0 Å². The third-order valence-corrected chi connectivity index (χ3v) is 3.13. The highest BCUT2D eigenvalue weighted by molar-refractivity contribution is 5.43. The predicted octanol–water partition coefficient (Wildman–Crippen LogP) is 3.25. The van der Waals surface area contributed by atoms with Gasteiger partial charge in [0.25, 0.3) is 0 Å². The van der Waals surface area contributed by atoms with Gasteiger partial charge in [0.15, 0.2) is 0 Å². The predicted molar refractivity (Wildman–Crippen MR) is 64.1 cm³/mol. The highest BCUT2D eigenvalue weighted by Gasteiger charge is 2.09. The smallest absolute Gasteiger partial charge is 0.129 e. The van der Waals surface area contributed by atoms with Crippen molar-refractivity contribution in [2.24, 2.45) is 5.92 Å². The number of pyridine rings is 1. The van der Waals surface area contributed by atoms with Crippen LogP contribution in [0.5, 0.6) is 0 Å². The Morgan fingerprint density at radius 2 is 2.27 bits per heavy atom. The number of rotatable bonds is 0. The van der Waals surface area contributed by atoms with E-state index in [2.05, 4.69) is 23.3 Å². The normalized spacial score (nSPS) is 22.6. The van der Waals surface area contributed by atoms with Gasteiger partial charge in [0.05, 0.1) is 0 Å². The molecular weight excluding hydrogens is 184 g/mol. The van der Waals surface area contributed by atoms with Crippen LogP contribution in [0.15, 0.2) is 18.3 Å². The monoisotopic (exact) mass is 204 g/mol. The highest BCUT2D eigenvalue weighted by Crippen LogP contribution is 2.21. The molecule has 1 aliphatic heterocycles. The number of hydrogen-bond acceptors (Lipinski definition) is 2. The zero-order chi connectivity index (χ0) is 10.5. The third-order valence-electron chi connectivity index (χ3n) is 3.13. The molecule has 1 unspecified atom stereocenters. The standard InChI is InChI=1S/C13H20N2/c1-11-6-3-2-4-8-14-13-12(10-11)7-5-9-15-13/h5,7,9,11H,2-4,6,8,10H2,1H3,(H,14,15). The summed E-state index contributed by atoms with van der Waals surface area (Å²) in [5, 5.41) is 3.44. The molecule has 0 aliphatic carbocycles. The minimum Gasteiger partial charge on any atom is -0.370 e. The van der Waals surface area contributed by atoms with Gasteiger partial charge in [-0.2, -0.15) is 0 Å². The SMILES string of the molecule is CC1CCCCCNc2ncccc2C1. The van der Waals surface area contributed by atoms with Crippen molar-refractivity contribution in [3.63, 3.8) is 0 Å². The number of fused-ring (bicyclic) bond motifs is 1. The van der Waals surface area contributed by atoms with Crippen molar-refractivity contribution in [3.05, 3.63) is 23.9 Å². The Kier molecular flexibility index (Phi) is 3.59. The Morgan fingerprint density at radius 3 is 3.20 bits per heavy atom. The Labute approximate surface area is 92.1 Å². The molecule has 0 spiro atoms. The van der Waals surface area contributed by atoms with Crippen LogP contribution in [0.1, 0.15) is 38.2 Å². The van der Waals surface area contributed by atoms with Crippen LogP contribution in [0.2, 0.25) is 0 Å². The summed E-state index contributed by atoms with van der Waals surface area (Å²) in [7, 11) is 0. The topological polar surface area (TPSA) is 24.9 Å². The lowest BCUT2D eigenvalue weighted by atomic mass is 9.95. The van der Waals surface area contributed by atoms with Gasteiger partial charge < -0.3 is 5.32 Å². The van der Waals surface area contributed by atoms with Gasteiger partial charge in [-0.1, -0.05) is 32.3 Å². The molecular formula is C13H20N2. The Bertz CT molecular complexity index is 309. The molecule has 0 amide bonds. The summed E-state index contributed by atoms with van der Waals surface area (Å²) in [6, 6.07) is 4.24. The second-order valence-corrected chi connectivity index (χ2v) is 4.60. The number of anilines is 1. The van der Waals surface area contributed by atoms with Crippen LogP contribution in [0, 0.1) is 5.92 Å². The van der Waals surface area contributed by atoms with Crippen LogP contribution >= 0.6 is 0 Å². The molecule has 1 aromatic rings. The lowest BCUT2D eigenvalue weighted by Crippen LogP contribution is -2.10. The molecule has 2 heteroatoms. The van der Waals surface area contributed by atoms with Crippen LogP contribution in [-0.4, -0.2) is 11.5 Å². The lowest BCUT2D eigenvalue weighted by Gasteiger charge is -2.17. The highest BCUT2D eigenvalue weighted by atomic mass is 15.0. The molecule has 1 aromatic heterocycles. The Morgan fingerprint density at radius 1 is 1.33 bits per heavy atom. The molecule has 0 bridgehead atoms. The first kappa shape index (κ1) is 10.5. The van der Waals surface area contributed by atoms with E-state index >= 15 is 0 Å². The summed E-state index contributed by atoms with van der Waals surface area (Å²) >= 11 is 0. The zero-order valence-electron chi connectivity index (χ0n) is 9.50. The van der Waals surface area contributed by atoms with Gasteiger partial charge in [0.1, 0.15) is 5.82 Å². The first-order valence-corrected chi connectivity index (χ1v) is 6.04. The molecule has 1 N–H and O–H groups in total. The maximum atomic E-state index is 4.42. The van der Waals surface area contributed by atoms with Gasteiger partial charge in [-0.25, -0.2) is 4.98 Å². The molecule has 0 fully saturated rings. The van der Waals surface area contributed by atoms with E-state index in [1.165, 1.54) is 31.2 Å². The van der Waals surface area contributed by atoms with Gasteiger partial charge >= 0.3 is 0 Å². The Balaban J connectivity index is 2.15. The average Bonchev–Trinajstić information content (AvgIpc) is 2.25. The van der Waals surface area contributed by atoms with Crippen LogP contribution in [0.3, 0.4) is 0 Å². The van der Waals surface area contributed by atoms with E-state index in [4.69, 9.17) is 0 Å². The van der Waals surface area contributed by atoms with Crippen molar-refractivity contribution in [2.75, 3.05) is 11.9 Å². The van der Waals surface area contributed by atoms with Crippen LogP contribution in [0.4, 0.5) is 5.82 Å². The number of nitrogens with zero attached hydrogens (tertiary/aromatic N) is 1. The molecule has 0 saturated heterocycles. The molecule has 1 atom stereocenters. The number of nitrogens with one attached hydrogen (secondary N) is 1. The van der Waals surface area contributed by atoms with E-state index in [-0.39, 0.29) is 0 Å². The summed E-state index contributed by atoms with van der Waals surface area (Å²) < 4.78 is 0. The van der Waals surface area contributed by atoms with E-state index in [1.807, 2.05) is 12.3 Å². The van der Waals surface area contributed by atoms with Gasteiger partial charge in [-0.05, 0) is 30.4 Å². The summed E-state index contributed by atoms with van der Waals surface area (Å²) in [4.78, 5) is 4.42. The zero-order valence-corrected chi connectivity index (χ0v) is 9.50. The molecule has 0 radical (unpaired) electrons. The van der Waals surface area contributed by atoms with Crippen LogP contribution in [0.25, 0.3) is 0 Å². The lowest BCUT2D eigenvalue weighted by molar-refractivity contribution is 0.488. The fourth-order valence-electron chi connectivity index (χ4n) is 2.24. The first-order chi connectivity index (χ1) is 7.36. The van der Waals surface area contributed by atoms with Crippen molar-refractivity contribution in [1.29, 1.82) is 0 Å². The largest absolute Gasteiger partial charge is 0.370 e. The molecule has 82 valence electrons. The average molecular weight is 204 g/mol. The van der Waals surface area contributed by atoms with Crippen molar-refractivity contribution in [3.8, 4) is 0 Å². The van der Waals surface area contributed by atoms with E-state index < -0.39 is 0 Å². The van der Waals surface area contributed by atoms with Crippen molar-refractivity contribution in [1.82, 2.24) is 4.98 Å². The van der Waals surface area contributed by atoms with Gasteiger partial charge in [-0.3, -0.25) is 0 Å². The fourth-order valence-corrected chi connectivity index (χ4v) is 2.24. The second kappa shape index (κ2) is 5.15. The van der Waals surface area contributed by atoms with Crippen molar-refractivity contribution < 1.29 is 0 Å². The second-order valence-electron chi connectivity index (χ2n) is 4.60. The molecule has 2 heterocycles. The number of hydrogen-bond donors (Lipinski definition) is 1. The molecule has 15 heavy (non-hydrogen) atoms. The van der Waals surface area contributed by atoms with E-state index in [0.29, 0.717) is 0 Å². The van der Waals surface area contributed by atoms with E-state index in [9.17, 15) is 0 Å². The van der Waals surface area contributed by atoms with E-state index in [1.54, 1.807) is 0 Å².